The predicted molar refractivity (Wildman–Crippen MR) is 108 cm³/mol. The van der Waals surface area contributed by atoms with Gasteiger partial charge in [0.25, 0.3) is 0 Å². The van der Waals surface area contributed by atoms with E-state index >= 15 is 0 Å². The monoisotopic (exact) mass is 354 g/mol. The first-order valence-corrected chi connectivity index (χ1v) is 9.24. The molecule has 0 spiro atoms. The Balaban J connectivity index is 1.91. The zero-order valence-electron chi connectivity index (χ0n) is 15.8. The van der Waals surface area contributed by atoms with Crippen LogP contribution in [0.15, 0.2) is 42.5 Å². The molecule has 0 unspecified atom stereocenters. The number of aliphatic hydroxyl groups is 3. The van der Waals surface area contributed by atoms with Crippen LogP contribution in [0.25, 0.3) is 12.2 Å². The molecular formula is C23H30O3. The van der Waals surface area contributed by atoms with E-state index in [9.17, 15) is 15.3 Å². The predicted octanol–water partition coefficient (Wildman–Crippen LogP) is 4.33. The molecule has 2 rings (SSSR count). The van der Waals surface area contributed by atoms with Crippen molar-refractivity contribution in [1.82, 2.24) is 0 Å². The highest BCUT2D eigenvalue weighted by Crippen LogP contribution is 2.17. The van der Waals surface area contributed by atoms with Crippen LogP contribution in [0.5, 0.6) is 0 Å². The van der Waals surface area contributed by atoms with Gasteiger partial charge in [-0.25, -0.2) is 0 Å². The third kappa shape index (κ3) is 6.75. The van der Waals surface area contributed by atoms with Crippen molar-refractivity contribution in [2.75, 3.05) is 0 Å². The summed E-state index contributed by atoms with van der Waals surface area (Å²) in [6.07, 6.45) is 8.04. The van der Waals surface area contributed by atoms with Gasteiger partial charge in [0.1, 0.15) is 0 Å². The van der Waals surface area contributed by atoms with Gasteiger partial charge < -0.3 is 15.3 Å². The highest BCUT2D eigenvalue weighted by atomic mass is 16.3. The standard InChI is InChI=1S/C23H30O3/c1-23(2,26)14-4-3-5-18-6-8-19(9-7-18)10-11-20-12-13-21(16-24)22(15-20)17-25/h6-13,15,24-26H,3-5,14,16-17H2,1-2H3. The van der Waals surface area contributed by atoms with Crippen LogP contribution in [0.1, 0.15) is 60.9 Å². The van der Waals surface area contributed by atoms with Crippen molar-refractivity contribution >= 4 is 12.2 Å². The van der Waals surface area contributed by atoms with Crippen LogP contribution in [0, 0.1) is 0 Å². The maximum atomic E-state index is 9.73. The molecule has 3 heteroatoms. The molecule has 2 aromatic carbocycles. The van der Waals surface area contributed by atoms with Gasteiger partial charge in [0.05, 0.1) is 18.8 Å². The van der Waals surface area contributed by atoms with E-state index in [0.717, 1.165) is 47.9 Å². The van der Waals surface area contributed by atoms with Crippen LogP contribution < -0.4 is 0 Å². The smallest absolute Gasteiger partial charge is 0.0685 e. The molecule has 0 saturated heterocycles. The Hall–Kier alpha value is -1.94. The molecule has 26 heavy (non-hydrogen) atoms. The van der Waals surface area contributed by atoms with Crippen LogP contribution >= 0.6 is 0 Å². The number of aliphatic hydroxyl groups excluding tert-OH is 2. The Labute approximate surface area is 156 Å². The van der Waals surface area contributed by atoms with Gasteiger partial charge in [-0.2, -0.15) is 0 Å². The molecule has 0 radical (unpaired) electrons. The van der Waals surface area contributed by atoms with Crippen LogP contribution in [0.3, 0.4) is 0 Å². The molecule has 3 N–H and O–H groups in total. The second-order valence-electron chi connectivity index (χ2n) is 7.44. The van der Waals surface area contributed by atoms with Crippen LogP contribution in [-0.2, 0) is 19.6 Å². The SMILES string of the molecule is CC(C)(O)CCCCc1ccc(C=Cc2ccc(CO)c(CO)c2)cc1. The molecule has 0 amide bonds. The van der Waals surface area contributed by atoms with Crippen molar-refractivity contribution < 1.29 is 15.3 Å². The van der Waals surface area contributed by atoms with Crippen LogP contribution in [0.4, 0.5) is 0 Å². The van der Waals surface area contributed by atoms with Crippen LogP contribution in [-0.4, -0.2) is 20.9 Å². The van der Waals surface area contributed by atoms with Crippen molar-refractivity contribution in [3.05, 3.63) is 70.3 Å². The minimum atomic E-state index is -0.570. The summed E-state index contributed by atoms with van der Waals surface area (Å²) in [6.45, 7) is 3.58. The molecule has 140 valence electrons. The quantitative estimate of drug-likeness (QED) is 0.464. The molecule has 3 nitrogen and oxygen atoms in total. The number of aryl methyl sites for hydroxylation is 1. The first-order chi connectivity index (χ1) is 12.4. The Bertz CT molecular complexity index is 709. The fraction of sp³-hybridized carbons (Fsp3) is 0.391. The van der Waals surface area contributed by atoms with Crippen molar-refractivity contribution in [2.24, 2.45) is 0 Å². The molecule has 0 atom stereocenters. The summed E-state index contributed by atoms with van der Waals surface area (Å²) in [5.41, 5.74) is 4.39. The number of rotatable bonds is 9. The van der Waals surface area contributed by atoms with Gasteiger partial charge in [-0.3, -0.25) is 0 Å². The normalized spacial score (nSPS) is 12.0. The van der Waals surface area contributed by atoms with Crippen molar-refractivity contribution in [2.45, 2.75) is 58.3 Å². The molecule has 0 aromatic heterocycles. The van der Waals surface area contributed by atoms with E-state index in [2.05, 4.69) is 24.3 Å². The molecule has 0 bridgehead atoms. The zero-order valence-corrected chi connectivity index (χ0v) is 15.8. The summed E-state index contributed by atoms with van der Waals surface area (Å²) in [5.74, 6) is 0. The van der Waals surface area contributed by atoms with Crippen molar-refractivity contribution in [3.8, 4) is 0 Å². The molecule has 0 saturated carbocycles. The van der Waals surface area contributed by atoms with E-state index in [1.165, 1.54) is 5.56 Å². The Kier molecular flexibility index (Phi) is 7.58. The summed E-state index contributed by atoms with van der Waals surface area (Å²) < 4.78 is 0. The number of hydrogen-bond donors (Lipinski definition) is 3. The summed E-state index contributed by atoms with van der Waals surface area (Å²) >= 11 is 0. The number of benzene rings is 2. The van der Waals surface area contributed by atoms with E-state index in [0.29, 0.717) is 0 Å². The topological polar surface area (TPSA) is 60.7 Å². The lowest BCUT2D eigenvalue weighted by molar-refractivity contribution is 0.0682. The van der Waals surface area contributed by atoms with Gasteiger partial charge in [0, 0.05) is 0 Å². The van der Waals surface area contributed by atoms with E-state index in [1.807, 2.05) is 44.2 Å². The lowest BCUT2D eigenvalue weighted by atomic mass is 9.98. The lowest BCUT2D eigenvalue weighted by Crippen LogP contribution is -2.17. The van der Waals surface area contributed by atoms with Gasteiger partial charge in [-0.1, -0.05) is 55.0 Å². The first kappa shape index (κ1) is 20.4. The van der Waals surface area contributed by atoms with E-state index in [-0.39, 0.29) is 13.2 Å². The average Bonchev–Trinajstić information content (AvgIpc) is 2.63. The second kappa shape index (κ2) is 9.67. The zero-order chi connectivity index (χ0) is 19.0. The molecular weight excluding hydrogens is 324 g/mol. The number of hydrogen-bond acceptors (Lipinski definition) is 3. The maximum Gasteiger partial charge on any atom is 0.0685 e. The molecule has 2 aromatic rings. The Morgan fingerprint density at radius 1 is 0.808 bits per heavy atom. The number of unbranched alkanes of at least 4 members (excludes halogenated alkanes) is 1. The summed E-state index contributed by atoms with van der Waals surface area (Å²) in [7, 11) is 0. The van der Waals surface area contributed by atoms with Gasteiger partial charge in [-0.15, -0.1) is 0 Å². The lowest BCUT2D eigenvalue weighted by Gasteiger charge is -2.16. The Morgan fingerprint density at radius 2 is 1.42 bits per heavy atom. The van der Waals surface area contributed by atoms with E-state index in [1.54, 1.807) is 0 Å². The maximum absolute atomic E-state index is 9.73. The molecule has 0 aliphatic carbocycles. The van der Waals surface area contributed by atoms with Crippen molar-refractivity contribution in [1.29, 1.82) is 0 Å². The second-order valence-corrected chi connectivity index (χ2v) is 7.44. The van der Waals surface area contributed by atoms with Crippen molar-refractivity contribution in [3.63, 3.8) is 0 Å². The van der Waals surface area contributed by atoms with E-state index in [4.69, 9.17) is 0 Å². The van der Waals surface area contributed by atoms with Gasteiger partial charge in [0.15, 0.2) is 0 Å². The highest BCUT2D eigenvalue weighted by Gasteiger charge is 2.10. The highest BCUT2D eigenvalue weighted by molar-refractivity contribution is 5.70. The van der Waals surface area contributed by atoms with Gasteiger partial charge in [-0.05, 0) is 67.0 Å². The molecule has 0 aliphatic rings. The molecule has 0 heterocycles. The summed E-state index contributed by atoms with van der Waals surface area (Å²) in [4.78, 5) is 0. The average molecular weight is 354 g/mol. The largest absolute Gasteiger partial charge is 0.392 e. The molecule has 0 fully saturated rings. The molecule has 0 aliphatic heterocycles. The fourth-order valence-corrected chi connectivity index (χ4v) is 2.93. The third-order valence-corrected chi connectivity index (χ3v) is 4.52. The van der Waals surface area contributed by atoms with Crippen LogP contribution in [0.2, 0.25) is 0 Å². The van der Waals surface area contributed by atoms with Gasteiger partial charge in [0.2, 0.25) is 0 Å². The van der Waals surface area contributed by atoms with E-state index < -0.39 is 5.60 Å². The Morgan fingerprint density at radius 3 is 2.04 bits per heavy atom. The summed E-state index contributed by atoms with van der Waals surface area (Å²) in [6, 6.07) is 14.2. The third-order valence-electron chi connectivity index (χ3n) is 4.52. The van der Waals surface area contributed by atoms with Gasteiger partial charge >= 0.3 is 0 Å². The minimum Gasteiger partial charge on any atom is -0.392 e. The summed E-state index contributed by atoms with van der Waals surface area (Å²) in [5, 5.41) is 28.4. The minimum absolute atomic E-state index is 0.0584. The fourth-order valence-electron chi connectivity index (χ4n) is 2.93. The first-order valence-electron chi connectivity index (χ1n) is 9.24.